The van der Waals surface area contributed by atoms with Crippen LogP contribution in [0.5, 0.6) is 0 Å². The molecule has 1 aliphatic carbocycles. The van der Waals surface area contributed by atoms with Crippen LogP contribution >= 0.6 is 0 Å². The molecule has 13 heavy (non-hydrogen) atoms. The molecule has 0 unspecified atom stereocenters. The number of likely N-dealkylation sites (tertiary alicyclic amines) is 1. The van der Waals surface area contributed by atoms with Crippen molar-refractivity contribution in [2.45, 2.75) is 56.7 Å². The summed E-state index contributed by atoms with van der Waals surface area (Å²) in [6.07, 6.45) is 8.82. The van der Waals surface area contributed by atoms with E-state index in [0.717, 1.165) is 18.1 Å². The topological polar surface area (TPSA) is 15.3 Å². The predicted molar refractivity (Wildman–Crippen MR) is 53.8 cm³/mol. The van der Waals surface area contributed by atoms with Gasteiger partial charge >= 0.3 is 0 Å². The van der Waals surface area contributed by atoms with Crippen molar-refractivity contribution < 1.29 is 0 Å². The van der Waals surface area contributed by atoms with E-state index in [0.29, 0.717) is 0 Å². The number of hydrogen-bond acceptors (Lipinski definition) is 2. The number of rotatable bonds is 1. The van der Waals surface area contributed by atoms with Crippen LogP contribution in [0.3, 0.4) is 0 Å². The highest BCUT2D eigenvalue weighted by Gasteiger charge is 2.40. The highest BCUT2D eigenvalue weighted by Crippen LogP contribution is 2.31. The van der Waals surface area contributed by atoms with Crippen molar-refractivity contribution in [1.29, 1.82) is 0 Å². The lowest BCUT2D eigenvalue weighted by Gasteiger charge is -2.37. The van der Waals surface area contributed by atoms with Crippen LogP contribution in [0.2, 0.25) is 0 Å². The lowest BCUT2D eigenvalue weighted by Crippen LogP contribution is -2.49. The second-order valence-electron chi connectivity index (χ2n) is 4.98. The summed E-state index contributed by atoms with van der Waals surface area (Å²) in [6, 6.07) is 2.69. The molecule has 2 saturated heterocycles. The van der Waals surface area contributed by atoms with Crippen LogP contribution in [0.15, 0.2) is 0 Å². The van der Waals surface area contributed by atoms with Gasteiger partial charge in [-0.3, -0.25) is 4.90 Å². The van der Waals surface area contributed by atoms with Crippen LogP contribution in [0.1, 0.15) is 38.5 Å². The van der Waals surface area contributed by atoms with Crippen molar-refractivity contribution in [3.63, 3.8) is 0 Å². The Hall–Kier alpha value is -0.0800. The Balaban J connectivity index is 1.65. The van der Waals surface area contributed by atoms with Gasteiger partial charge in [-0.25, -0.2) is 0 Å². The summed E-state index contributed by atoms with van der Waals surface area (Å²) in [5.74, 6) is 0. The molecule has 0 aromatic carbocycles. The van der Waals surface area contributed by atoms with Crippen LogP contribution in [-0.4, -0.2) is 36.1 Å². The molecule has 0 aromatic rings. The lowest BCUT2D eigenvalue weighted by molar-refractivity contribution is 0.126. The zero-order valence-electron chi connectivity index (χ0n) is 8.34. The maximum Gasteiger partial charge on any atom is 0.0239 e. The Kier molecular flexibility index (Phi) is 2.06. The van der Waals surface area contributed by atoms with Gasteiger partial charge in [0.2, 0.25) is 0 Å². The third-order valence-electron chi connectivity index (χ3n) is 4.14. The number of piperazine rings is 1. The predicted octanol–water partition coefficient (Wildman–Crippen LogP) is 1.37. The zero-order chi connectivity index (χ0) is 8.67. The van der Waals surface area contributed by atoms with E-state index in [1.807, 2.05) is 0 Å². The minimum atomic E-state index is 0.840. The maximum absolute atomic E-state index is 3.58. The second-order valence-corrected chi connectivity index (χ2v) is 4.98. The van der Waals surface area contributed by atoms with Crippen LogP contribution in [0.25, 0.3) is 0 Å². The van der Waals surface area contributed by atoms with E-state index in [4.69, 9.17) is 0 Å². The Morgan fingerprint density at radius 1 is 1.00 bits per heavy atom. The van der Waals surface area contributed by atoms with E-state index < -0.39 is 0 Å². The van der Waals surface area contributed by atoms with Gasteiger partial charge in [-0.2, -0.15) is 0 Å². The van der Waals surface area contributed by atoms with Crippen molar-refractivity contribution in [3.8, 4) is 0 Å². The smallest absolute Gasteiger partial charge is 0.0239 e. The number of fused-ring (bicyclic) bond motifs is 2. The molecule has 2 aliphatic heterocycles. The first-order valence-electron chi connectivity index (χ1n) is 5.92. The van der Waals surface area contributed by atoms with E-state index in [-0.39, 0.29) is 0 Å². The summed E-state index contributed by atoms with van der Waals surface area (Å²) < 4.78 is 0. The van der Waals surface area contributed by atoms with E-state index >= 15 is 0 Å². The zero-order valence-corrected chi connectivity index (χ0v) is 8.34. The molecule has 2 nitrogen and oxygen atoms in total. The molecular formula is C11H20N2. The Morgan fingerprint density at radius 2 is 1.85 bits per heavy atom. The largest absolute Gasteiger partial charge is 0.311 e. The summed E-state index contributed by atoms with van der Waals surface area (Å²) in [5.41, 5.74) is 0. The van der Waals surface area contributed by atoms with Gasteiger partial charge < -0.3 is 5.32 Å². The first-order valence-corrected chi connectivity index (χ1v) is 5.92. The molecule has 2 heterocycles. The molecule has 1 N–H and O–H groups in total. The quantitative estimate of drug-likeness (QED) is 0.655. The average Bonchev–Trinajstić information content (AvgIpc) is 2.80. The SMILES string of the molecule is C1CCC(N2C[C@@H]3C[C@H]2CN3)CC1. The number of nitrogens with zero attached hydrogens (tertiary/aromatic N) is 1. The van der Waals surface area contributed by atoms with Gasteiger partial charge in [0.1, 0.15) is 0 Å². The summed E-state index contributed by atoms with van der Waals surface area (Å²) in [4.78, 5) is 2.81. The monoisotopic (exact) mass is 180 g/mol. The molecule has 0 radical (unpaired) electrons. The molecule has 0 spiro atoms. The Labute approximate surface area is 80.7 Å². The molecule has 1 saturated carbocycles. The fraction of sp³-hybridized carbons (Fsp3) is 1.00. The van der Waals surface area contributed by atoms with E-state index in [1.165, 1.54) is 51.6 Å². The lowest BCUT2D eigenvalue weighted by atomic mass is 9.93. The fourth-order valence-corrected chi connectivity index (χ4v) is 3.45. The second kappa shape index (κ2) is 3.25. The van der Waals surface area contributed by atoms with E-state index in [1.54, 1.807) is 0 Å². The van der Waals surface area contributed by atoms with Crippen molar-refractivity contribution in [2.24, 2.45) is 0 Å². The minimum absolute atomic E-state index is 0.840. The minimum Gasteiger partial charge on any atom is -0.311 e. The van der Waals surface area contributed by atoms with E-state index in [2.05, 4.69) is 10.2 Å². The van der Waals surface area contributed by atoms with Gasteiger partial charge in [-0.15, -0.1) is 0 Å². The van der Waals surface area contributed by atoms with Crippen molar-refractivity contribution >= 4 is 0 Å². The van der Waals surface area contributed by atoms with Gasteiger partial charge in [0, 0.05) is 31.2 Å². The van der Waals surface area contributed by atoms with Crippen molar-refractivity contribution in [2.75, 3.05) is 13.1 Å². The molecule has 2 bridgehead atoms. The van der Waals surface area contributed by atoms with Gasteiger partial charge in [0.25, 0.3) is 0 Å². The van der Waals surface area contributed by atoms with Crippen LogP contribution in [-0.2, 0) is 0 Å². The highest BCUT2D eigenvalue weighted by molar-refractivity contribution is 5.00. The Morgan fingerprint density at radius 3 is 2.46 bits per heavy atom. The number of hydrogen-bond donors (Lipinski definition) is 1. The fourth-order valence-electron chi connectivity index (χ4n) is 3.45. The van der Waals surface area contributed by atoms with Gasteiger partial charge in [0.05, 0.1) is 0 Å². The highest BCUT2D eigenvalue weighted by atomic mass is 15.3. The molecule has 2 atom stereocenters. The first-order chi connectivity index (χ1) is 6.43. The summed E-state index contributed by atoms with van der Waals surface area (Å²) in [7, 11) is 0. The van der Waals surface area contributed by atoms with Gasteiger partial charge in [-0.1, -0.05) is 19.3 Å². The van der Waals surface area contributed by atoms with Crippen molar-refractivity contribution in [3.05, 3.63) is 0 Å². The van der Waals surface area contributed by atoms with Crippen LogP contribution in [0.4, 0.5) is 0 Å². The third kappa shape index (κ3) is 1.40. The third-order valence-corrected chi connectivity index (χ3v) is 4.14. The van der Waals surface area contributed by atoms with Crippen molar-refractivity contribution in [1.82, 2.24) is 10.2 Å². The molecule has 3 aliphatic rings. The van der Waals surface area contributed by atoms with Gasteiger partial charge in [0.15, 0.2) is 0 Å². The average molecular weight is 180 g/mol. The van der Waals surface area contributed by atoms with E-state index in [9.17, 15) is 0 Å². The summed E-state index contributed by atoms with van der Waals surface area (Å²) >= 11 is 0. The molecule has 0 amide bonds. The maximum atomic E-state index is 3.58. The Bertz CT molecular complexity index is 187. The summed E-state index contributed by atoms with van der Waals surface area (Å²) in [5, 5.41) is 3.58. The van der Waals surface area contributed by atoms with Crippen LogP contribution < -0.4 is 5.32 Å². The molecule has 3 rings (SSSR count). The van der Waals surface area contributed by atoms with Gasteiger partial charge in [-0.05, 0) is 19.3 Å². The molecule has 2 heteroatoms. The normalized spacial score (nSPS) is 41.5. The standard InChI is InChI=1S/C11H20N2/c1-2-4-10(5-3-1)13-8-9-6-11(13)7-12-9/h9-12H,1-8H2/t9-,11-/m0/s1. The molecule has 3 fully saturated rings. The summed E-state index contributed by atoms with van der Waals surface area (Å²) in [6.45, 7) is 2.61. The molecule has 74 valence electrons. The molecule has 0 aromatic heterocycles. The first kappa shape index (κ1) is 8.25. The van der Waals surface area contributed by atoms with Crippen LogP contribution in [0, 0.1) is 0 Å². The molecular weight excluding hydrogens is 160 g/mol. The number of nitrogens with one attached hydrogen (secondary N) is 1.